The van der Waals surface area contributed by atoms with Crippen LogP contribution in [0.15, 0.2) is 24.3 Å². The van der Waals surface area contributed by atoms with Crippen molar-refractivity contribution in [1.82, 2.24) is 0 Å². The number of benzene rings is 1. The van der Waals surface area contributed by atoms with E-state index in [0.29, 0.717) is 13.2 Å². The quantitative estimate of drug-likeness (QED) is 0.511. The second kappa shape index (κ2) is 8.49. The average molecular weight is 234 g/mol. The van der Waals surface area contributed by atoms with Crippen molar-refractivity contribution in [2.75, 3.05) is 26.4 Å². The van der Waals surface area contributed by atoms with Gasteiger partial charge in [0.1, 0.15) is 24.7 Å². The molecule has 0 amide bonds. The van der Waals surface area contributed by atoms with Crippen LogP contribution in [0.4, 0.5) is 0 Å². The molecule has 0 aliphatic rings. The van der Waals surface area contributed by atoms with Gasteiger partial charge in [-0.3, -0.25) is 0 Å². The highest BCUT2D eigenvalue weighted by molar-refractivity contribution is 5.31. The highest BCUT2D eigenvalue weighted by atomic mass is 16.5. The smallest absolute Gasteiger partial charge is 0.148 e. The maximum atomic E-state index is 5.49. The Kier molecular flexibility index (Phi) is 6.69. The zero-order chi connectivity index (χ0) is 12.3. The molecule has 0 atom stereocenters. The third kappa shape index (κ3) is 5.84. The van der Waals surface area contributed by atoms with Crippen LogP contribution in [-0.2, 0) is 4.74 Å². The molecule has 0 aliphatic carbocycles. The molecular weight excluding hydrogens is 216 g/mol. The van der Waals surface area contributed by atoms with Gasteiger partial charge in [-0.05, 0) is 30.7 Å². The second-order valence-electron chi connectivity index (χ2n) is 3.43. The Morgan fingerprint density at radius 2 is 1.65 bits per heavy atom. The first-order valence-corrected chi connectivity index (χ1v) is 5.73. The van der Waals surface area contributed by atoms with E-state index in [-0.39, 0.29) is 6.61 Å². The molecule has 92 valence electrons. The number of terminal acetylenes is 1. The Morgan fingerprint density at radius 1 is 1.00 bits per heavy atom. The van der Waals surface area contributed by atoms with Crippen molar-refractivity contribution in [3.05, 3.63) is 24.3 Å². The number of hydrogen-bond acceptors (Lipinski definition) is 3. The van der Waals surface area contributed by atoms with Gasteiger partial charge >= 0.3 is 0 Å². The topological polar surface area (TPSA) is 27.7 Å². The zero-order valence-corrected chi connectivity index (χ0v) is 10.1. The lowest BCUT2D eigenvalue weighted by molar-refractivity contribution is 0.101. The van der Waals surface area contributed by atoms with E-state index < -0.39 is 0 Å². The van der Waals surface area contributed by atoms with E-state index in [0.717, 1.165) is 24.5 Å². The molecule has 1 aromatic rings. The molecule has 0 heterocycles. The van der Waals surface area contributed by atoms with Crippen LogP contribution in [0.1, 0.15) is 13.3 Å². The molecule has 0 bridgehead atoms. The Morgan fingerprint density at radius 3 is 2.24 bits per heavy atom. The van der Waals surface area contributed by atoms with E-state index in [2.05, 4.69) is 12.8 Å². The Hall–Kier alpha value is -1.66. The summed E-state index contributed by atoms with van der Waals surface area (Å²) < 4.78 is 16.1. The molecular formula is C14H18O3. The van der Waals surface area contributed by atoms with Crippen molar-refractivity contribution in [2.24, 2.45) is 0 Å². The fourth-order valence-corrected chi connectivity index (χ4v) is 1.22. The van der Waals surface area contributed by atoms with Crippen molar-refractivity contribution in [3.63, 3.8) is 0 Å². The van der Waals surface area contributed by atoms with Gasteiger partial charge in [0.2, 0.25) is 0 Å². The van der Waals surface area contributed by atoms with Crippen LogP contribution in [0.25, 0.3) is 0 Å². The first-order chi connectivity index (χ1) is 8.36. The normalized spacial score (nSPS) is 9.65. The summed E-state index contributed by atoms with van der Waals surface area (Å²) >= 11 is 0. The van der Waals surface area contributed by atoms with E-state index in [1.54, 1.807) is 0 Å². The predicted molar refractivity (Wildman–Crippen MR) is 67.4 cm³/mol. The Labute approximate surface area is 103 Å². The van der Waals surface area contributed by atoms with Crippen LogP contribution < -0.4 is 9.47 Å². The van der Waals surface area contributed by atoms with E-state index in [9.17, 15) is 0 Å². The van der Waals surface area contributed by atoms with Crippen LogP contribution in [0.5, 0.6) is 11.5 Å². The summed E-state index contributed by atoms with van der Waals surface area (Å²) in [5.74, 6) is 3.97. The van der Waals surface area contributed by atoms with Gasteiger partial charge < -0.3 is 14.2 Å². The van der Waals surface area contributed by atoms with Crippen molar-refractivity contribution >= 4 is 0 Å². The summed E-state index contributed by atoms with van der Waals surface area (Å²) in [6.45, 7) is 4.32. The van der Waals surface area contributed by atoms with E-state index >= 15 is 0 Å². The van der Waals surface area contributed by atoms with Gasteiger partial charge in [0.05, 0.1) is 6.61 Å². The second-order valence-corrected chi connectivity index (χ2v) is 3.43. The van der Waals surface area contributed by atoms with E-state index in [1.807, 2.05) is 24.3 Å². The molecule has 17 heavy (non-hydrogen) atoms. The predicted octanol–water partition coefficient (Wildman–Crippen LogP) is 2.50. The third-order valence-electron chi connectivity index (χ3n) is 1.99. The molecule has 1 aromatic carbocycles. The largest absolute Gasteiger partial charge is 0.491 e. The molecule has 0 radical (unpaired) electrons. The fraction of sp³-hybridized carbons (Fsp3) is 0.429. The molecule has 0 N–H and O–H groups in total. The summed E-state index contributed by atoms with van der Waals surface area (Å²) in [7, 11) is 0. The highest BCUT2D eigenvalue weighted by Gasteiger charge is 1.95. The standard InChI is InChI=1S/C14H18O3/c1-3-9-15-11-12-17-14-7-5-13(6-8-14)16-10-4-2/h2,5-8H,3,9-12H2,1H3. The Balaban J connectivity index is 2.23. The number of hydrogen-bond donors (Lipinski definition) is 0. The first-order valence-electron chi connectivity index (χ1n) is 5.73. The highest BCUT2D eigenvalue weighted by Crippen LogP contribution is 2.17. The van der Waals surface area contributed by atoms with Gasteiger partial charge in [-0.2, -0.15) is 0 Å². The molecule has 0 saturated heterocycles. The van der Waals surface area contributed by atoms with Crippen molar-refractivity contribution in [2.45, 2.75) is 13.3 Å². The van der Waals surface area contributed by atoms with E-state index in [4.69, 9.17) is 20.6 Å². The summed E-state index contributed by atoms with van der Waals surface area (Å²) in [6.07, 6.45) is 6.13. The molecule has 3 heteroatoms. The summed E-state index contributed by atoms with van der Waals surface area (Å²) in [6, 6.07) is 7.37. The lowest BCUT2D eigenvalue weighted by atomic mass is 10.3. The molecule has 0 saturated carbocycles. The van der Waals surface area contributed by atoms with Crippen LogP contribution in [0.2, 0.25) is 0 Å². The third-order valence-corrected chi connectivity index (χ3v) is 1.99. The van der Waals surface area contributed by atoms with Gasteiger partial charge in [0, 0.05) is 6.61 Å². The fourth-order valence-electron chi connectivity index (χ4n) is 1.22. The summed E-state index contributed by atoms with van der Waals surface area (Å²) in [4.78, 5) is 0. The minimum Gasteiger partial charge on any atom is -0.491 e. The summed E-state index contributed by atoms with van der Waals surface area (Å²) in [5.41, 5.74) is 0. The molecule has 0 fully saturated rings. The molecule has 0 aromatic heterocycles. The molecule has 0 aliphatic heterocycles. The molecule has 0 unspecified atom stereocenters. The van der Waals surface area contributed by atoms with E-state index in [1.165, 1.54) is 0 Å². The minimum atomic E-state index is 0.283. The lowest BCUT2D eigenvalue weighted by Crippen LogP contribution is -2.07. The molecule has 3 nitrogen and oxygen atoms in total. The SMILES string of the molecule is C#CCOc1ccc(OCCOCCC)cc1. The van der Waals surface area contributed by atoms with Gasteiger partial charge in [-0.25, -0.2) is 0 Å². The van der Waals surface area contributed by atoms with Crippen LogP contribution in [-0.4, -0.2) is 26.4 Å². The zero-order valence-electron chi connectivity index (χ0n) is 10.1. The molecule has 0 spiro atoms. The van der Waals surface area contributed by atoms with Crippen LogP contribution in [0.3, 0.4) is 0 Å². The van der Waals surface area contributed by atoms with Crippen LogP contribution in [0, 0.1) is 12.3 Å². The number of ether oxygens (including phenoxy) is 3. The lowest BCUT2D eigenvalue weighted by Gasteiger charge is -2.07. The van der Waals surface area contributed by atoms with Gasteiger partial charge in [-0.15, -0.1) is 6.42 Å². The Bertz CT molecular complexity index is 337. The minimum absolute atomic E-state index is 0.283. The maximum Gasteiger partial charge on any atom is 0.148 e. The average Bonchev–Trinajstić information content (AvgIpc) is 2.37. The van der Waals surface area contributed by atoms with Gasteiger partial charge in [-0.1, -0.05) is 12.8 Å². The maximum absolute atomic E-state index is 5.49. The summed E-state index contributed by atoms with van der Waals surface area (Å²) in [5, 5.41) is 0. The van der Waals surface area contributed by atoms with Crippen molar-refractivity contribution in [3.8, 4) is 23.8 Å². The van der Waals surface area contributed by atoms with Gasteiger partial charge in [0.15, 0.2) is 0 Å². The molecule has 1 rings (SSSR count). The van der Waals surface area contributed by atoms with Gasteiger partial charge in [0.25, 0.3) is 0 Å². The number of rotatable bonds is 8. The van der Waals surface area contributed by atoms with Crippen LogP contribution >= 0.6 is 0 Å². The van der Waals surface area contributed by atoms with Crippen molar-refractivity contribution in [1.29, 1.82) is 0 Å². The van der Waals surface area contributed by atoms with Crippen molar-refractivity contribution < 1.29 is 14.2 Å². The first kappa shape index (κ1) is 13.4. The monoisotopic (exact) mass is 234 g/mol.